The fraction of sp³-hybridized carbons (Fsp3) is 0.348. The maximum atomic E-state index is 5.72. The van der Waals surface area contributed by atoms with E-state index in [9.17, 15) is 0 Å². The molecule has 6 heteroatoms. The highest BCUT2D eigenvalue weighted by molar-refractivity contribution is 14.0. The molecule has 5 nitrogen and oxygen atoms in total. The lowest BCUT2D eigenvalue weighted by Crippen LogP contribution is -2.39. The largest absolute Gasteiger partial charge is 0.381 e. The van der Waals surface area contributed by atoms with Crippen LogP contribution in [0.3, 0.4) is 0 Å². The highest BCUT2D eigenvalue weighted by atomic mass is 127. The molecule has 1 aromatic heterocycles. The third-order valence-corrected chi connectivity index (χ3v) is 4.72. The highest BCUT2D eigenvalue weighted by Crippen LogP contribution is 2.17. The molecule has 0 amide bonds. The van der Waals surface area contributed by atoms with E-state index >= 15 is 0 Å². The molecule has 29 heavy (non-hydrogen) atoms. The van der Waals surface area contributed by atoms with Gasteiger partial charge in [0.2, 0.25) is 0 Å². The summed E-state index contributed by atoms with van der Waals surface area (Å²) in [5.41, 5.74) is 3.83. The van der Waals surface area contributed by atoms with E-state index in [-0.39, 0.29) is 24.0 Å². The summed E-state index contributed by atoms with van der Waals surface area (Å²) < 4.78 is 5.72. The number of halogens is 1. The number of rotatable bonds is 10. The molecule has 0 saturated heterocycles. The van der Waals surface area contributed by atoms with E-state index in [0.29, 0.717) is 0 Å². The Morgan fingerprint density at radius 3 is 2.52 bits per heavy atom. The van der Waals surface area contributed by atoms with Crippen LogP contribution in [0.4, 0.5) is 0 Å². The molecule has 0 spiro atoms. The Kier molecular flexibility index (Phi) is 10.6. The number of nitrogens with one attached hydrogen (secondary N) is 3. The number of aromatic amines is 1. The van der Waals surface area contributed by atoms with Crippen LogP contribution in [0.2, 0.25) is 0 Å². The zero-order chi connectivity index (χ0) is 19.4. The molecule has 0 unspecified atom stereocenters. The predicted molar refractivity (Wildman–Crippen MR) is 132 cm³/mol. The van der Waals surface area contributed by atoms with Crippen molar-refractivity contribution < 1.29 is 4.74 Å². The van der Waals surface area contributed by atoms with Gasteiger partial charge in [-0.2, -0.15) is 0 Å². The lowest BCUT2D eigenvalue weighted by Gasteiger charge is -2.12. The van der Waals surface area contributed by atoms with Gasteiger partial charge in [-0.3, -0.25) is 4.99 Å². The molecule has 0 aliphatic rings. The number of H-pyrrole nitrogens is 1. The topological polar surface area (TPSA) is 61.4 Å². The van der Waals surface area contributed by atoms with Crippen molar-refractivity contribution in [3.63, 3.8) is 0 Å². The van der Waals surface area contributed by atoms with E-state index in [2.05, 4.69) is 75.3 Å². The summed E-state index contributed by atoms with van der Waals surface area (Å²) in [5, 5.41) is 8.02. The first-order valence-electron chi connectivity index (χ1n) is 9.98. The predicted octanol–water partition coefficient (Wildman–Crippen LogP) is 4.14. The van der Waals surface area contributed by atoms with Crippen LogP contribution in [0, 0.1) is 0 Å². The minimum Gasteiger partial charge on any atom is -0.381 e. The van der Waals surface area contributed by atoms with Crippen LogP contribution in [0.5, 0.6) is 0 Å². The van der Waals surface area contributed by atoms with Gasteiger partial charge in [0.1, 0.15) is 0 Å². The number of ether oxygens (including phenoxy) is 1. The van der Waals surface area contributed by atoms with E-state index in [4.69, 9.17) is 4.74 Å². The second kappa shape index (κ2) is 13.2. The van der Waals surface area contributed by atoms with Crippen LogP contribution in [0.25, 0.3) is 10.9 Å². The van der Waals surface area contributed by atoms with Gasteiger partial charge >= 0.3 is 0 Å². The van der Waals surface area contributed by atoms with E-state index in [0.717, 1.165) is 51.5 Å². The molecule has 0 saturated carbocycles. The summed E-state index contributed by atoms with van der Waals surface area (Å²) >= 11 is 0. The molecule has 0 aliphatic carbocycles. The Hall–Kier alpha value is -2.06. The van der Waals surface area contributed by atoms with E-state index in [1.54, 1.807) is 7.05 Å². The highest BCUT2D eigenvalue weighted by Gasteiger charge is 2.03. The SMILES string of the molecule is CN=C(NCCCOCCc1ccccc1)NCCc1c[nH]c2ccccc12.I. The van der Waals surface area contributed by atoms with Crippen LogP contribution in [0.1, 0.15) is 17.5 Å². The number of hydrogen-bond acceptors (Lipinski definition) is 2. The Bertz CT molecular complexity index is 863. The summed E-state index contributed by atoms with van der Waals surface area (Å²) in [5.74, 6) is 0.837. The molecule has 2 aromatic carbocycles. The lowest BCUT2D eigenvalue weighted by molar-refractivity contribution is 0.135. The fourth-order valence-corrected chi connectivity index (χ4v) is 3.19. The lowest BCUT2D eigenvalue weighted by atomic mass is 10.1. The summed E-state index contributed by atoms with van der Waals surface area (Å²) in [4.78, 5) is 7.61. The second-order valence-corrected chi connectivity index (χ2v) is 6.74. The van der Waals surface area contributed by atoms with Crippen LogP contribution in [-0.4, -0.2) is 44.3 Å². The van der Waals surface area contributed by atoms with Gasteiger partial charge < -0.3 is 20.4 Å². The molecule has 3 N–H and O–H groups in total. The van der Waals surface area contributed by atoms with E-state index < -0.39 is 0 Å². The van der Waals surface area contributed by atoms with Gasteiger partial charge in [-0.05, 0) is 36.5 Å². The van der Waals surface area contributed by atoms with Crippen LogP contribution in [0.15, 0.2) is 65.8 Å². The first kappa shape index (κ1) is 23.2. The van der Waals surface area contributed by atoms with Crippen molar-refractivity contribution in [3.05, 3.63) is 71.9 Å². The first-order valence-corrected chi connectivity index (χ1v) is 9.98. The van der Waals surface area contributed by atoms with Crippen molar-refractivity contribution in [3.8, 4) is 0 Å². The number of guanidine groups is 1. The van der Waals surface area contributed by atoms with Gasteiger partial charge in [-0.15, -0.1) is 24.0 Å². The second-order valence-electron chi connectivity index (χ2n) is 6.74. The Morgan fingerprint density at radius 2 is 1.69 bits per heavy atom. The molecule has 3 aromatic rings. The molecule has 0 bridgehead atoms. The van der Waals surface area contributed by atoms with Crippen LogP contribution < -0.4 is 10.6 Å². The summed E-state index contributed by atoms with van der Waals surface area (Å²) in [6, 6.07) is 18.8. The first-order chi connectivity index (χ1) is 13.9. The van der Waals surface area contributed by atoms with Crippen molar-refractivity contribution >= 4 is 40.8 Å². The Labute approximate surface area is 190 Å². The van der Waals surface area contributed by atoms with Gasteiger partial charge in [-0.25, -0.2) is 0 Å². The van der Waals surface area contributed by atoms with Gasteiger partial charge in [-0.1, -0.05) is 48.5 Å². The molecule has 0 radical (unpaired) electrons. The van der Waals surface area contributed by atoms with Crippen molar-refractivity contribution in [1.82, 2.24) is 15.6 Å². The van der Waals surface area contributed by atoms with Crippen molar-refractivity contribution in [2.24, 2.45) is 4.99 Å². The van der Waals surface area contributed by atoms with Crippen LogP contribution >= 0.6 is 24.0 Å². The number of hydrogen-bond donors (Lipinski definition) is 3. The molecule has 0 fully saturated rings. The Balaban J connectivity index is 0.00000300. The molecule has 3 rings (SSSR count). The summed E-state index contributed by atoms with van der Waals surface area (Å²) in [7, 11) is 1.80. The van der Waals surface area contributed by atoms with Crippen molar-refractivity contribution in [1.29, 1.82) is 0 Å². The summed E-state index contributed by atoms with van der Waals surface area (Å²) in [6.45, 7) is 3.21. The van der Waals surface area contributed by atoms with Gasteiger partial charge in [0.05, 0.1) is 6.61 Å². The minimum absolute atomic E-state index is 0. The average molecular weight is 506 g/mol. The number of para-hydroxylation sites is 1. The molecule has 0 atom stereocenters. The number of benzene rings is 2. The maximum absolute atomic E-state index is 5.72. The number of aliphatic imine (C=N–C) groups is 1. The molecular weight excluding hydrogens is 475 g/mol. The molecule has 1 heterocycles. The monoisotopic (exact) mass is 506 g/mol. The smallest absolute Gasteiger partial charge is 0.190 e. The van der Waals surface area contributed by atoms with E-state index in [1.807, 2.05) is 6.07 Å². The zero-order valence-electron chi connectivity index (χ0n) is 17.0. The quantitative estimate of drug-likeness (QED) is 0.168. The van der Waals surface area contributed by atoms with Crippen LogP contribution in [-0.2, 0) is 17.6 Å². The Morgan fingerprint density at radius 1 is 0.931 bits per heavy atom. The molecule has 0 aliphatic heterocycles. The standard InChI is InChI=1S/C23H30N4O.HI/c1-24-23(25-14-7-16-28-17-13-19-8-3-2-4-9-19)26-15-12-20-18-27-22-11-6-5-10-21(20)22;/h2-6,8-11,18,27H,7,12-17H2,1H3,(H2,24,25,26);1H. The minimum atomic E-state index is 0. The number of fused-ring (bicyclic) bond motifs is 1. The van der Waals surface area contributed by atoms with Gasteiger partial charge in [0.25, 0.3) is 0 Å². The maximum Gasteiger partial charge on any atom is 0.190 e. The normalized spacial score (nSPS) is 11.3. The van der Waals surface area contributed by atoms with Crippen molar-refractivity contribution in [2.45, 2.75) is 19.3 Å². The van der Waals surface area contributed by atoms with Gasteiger partial charge in [0.15, 0.2) is 5.96 Å². The number of aromatic nitrogens is 1. The van der Waals surface area contributed by atoms with Crippen molar-refractivity contribution in [2.75, 3.05) is 33.4 Å². The zero-order valence-corrected chi connectivity index (χ0v) is 19.3. The van der Waals surface area contributed by atoms with E-state index in [1.165, 1.54) is 22.0 Å². The third-order valence-electron chi connectivity index (χ3n) is 4.72. The average Bonchev–Trinajstić information content (AvgIpc) is 3.15. The number of nitrogens with zero attached hydrogens (tertiary/aromatic N) is 1. The molecule has 156 valence electrons. The summed E-state index contributed by atoms with van der Waals surface area (Å²) in [6.07, 6.45) is 4.96. The van der Waals surface area contributed by atoms with Gasteiger partial charge in [0, 0.05) is 43.8 Å². The molecular formula is C23H31IN4O. The fourth-order valence-electron chi connectivity index (χ4n) is 3.19. The third kappa shape index (κ3) is 7.70.